The highest BCUT2D eigenvalue weighted by atomic mass is 35.5. The molecule has 0 aliphatic heterocycles. The van der Waals surface area contributed by atoms with Crippen LogP contribution in [0.3, 0.4) is 0 Å². The average Bonchev–Trinajstić information content (AvgIpc) is 3.21. The number of aryl methyl sites for hydroxylation is 3. The maximum absolute atomic E-state index is 13.5. The molecular formula is C30H31ClN4O4S. The van der Waals surface area contributed by atoms with Gasteiger partial charge in [-0.2, -0.15) is 5.10 Å². The van der Waals surface area contributed by atoms with Gasteiger partial charge in [0.25, 0.3) is 15.9 Å². The lowest BCUT2D eigenvalue weighted by atomic mass is 10.1. The average molecular weight is 579 g/mol. The third-order valence-corrected chi connectivity index (χ3v) is 8.74. The summed E-state index contributed by atoms with van der Waals surface area (Å²) in [6.45, 7) is 7.62. The topological polar surface area (TPSA) is 93.0 Å². The fourth-order valence-electron chi connectivity index (χ4n) is 4.37. The second-order valence-electron chi connectivity index (χ2n) is 9.37. The first-order valence-electron chi connectivity index (χ1n) is 12.5. The molecule has 0 aliphatic carbocycles. The van der Waals surface area contributed by atoms with E-state index in [4.69, 9.17) is 16.3 Å². The van der Waals surface area contributed by atoms with Gasteiger partial charge in [-0.05, 0) is 87.4 Å². The van der Waals surface area contributed by atoms with Gasteiger partial charge in [-0.15, -0.1) is 0 Å². The number of nitrogens with one attached hydrogen (secondary N) is 1. The molecule has 0 aliphatic rings. The van der Waals surface area contributed by atoms with E-state index in [0.29, 0.717) is 5.75 Å². The molecule has 0 spiro atoms. The molecule has 40 heavy (non-hydrogen) atoms. The lowest BCUT2D eigenvalue weighted by Crippen LogP contribution is -2.39. The summed E-state index contributed by atoms with van der Waals surface area (Å²) in [4.78, 5) is 13.0. The number of hydrogen-bond acceptors (Lipinski definition) is 5. The van der Waals surface area contributed by atoms with Crippen molar-refractivity contribution >= 4 is 39.4 Å². The van der Waals surface area contributed by atoms with Gasteiger partial charge in [0.15, 0.2) is 0 Å². The highest BCUT2D eigenvalue weighted by Gasteiger charge is 2.27. The first-order chi connectivity index (χ1) is 19.0. The summed E-state index contributed by atoms with van der Waals surface area (Å²) in [6, 6.07) is 20.7. The van der Waals surface area contributed by atoms with Gasteiger partial charge in [0.05, 0.1) is 28.9 Å². The summed E-state index contributed by atoms with van der Waals surface area (Å²) in [5.41, 5.74) is 8.93. The van der Waals surface area contributed by atoms with Crippen LogP contribution in [0.5, 0.6) is 5.75 Å². The molecule has 0 saturated heterocycles. The van der Waals surface area contributed by atoms with E-state index in [1.165, 1.54) is 42.5 Å². The molecule has 0 saturated carbocycles. The summed E-state index contributed by atoms with van der Waals surface area (Å²) in [7, 11) is -2.63. The third-order valence-electron chi connectivity index (χ3n) is 6.65. The van der Waals surface area contributed by atoms with Crippen molar-refractivity contribution in [1.82, 2.24) is 9.99 Å². The number of hydrazone groups is 1. The molecule has 208 valence electrons. The zero-order valence-electron chi connectivity index (χ0n) is 23.0. The summed E-state index contributed by atoms with van der Waals surface area (Å²) < 4.78 is 35.3. The molecule has 3 aromatic carbocycles. The maximum Gasteiger partial charge on any atom is 0.264 e. The SMILES string of the molecule is COc1ccc(N(CC(=O)N/N=C\c2cc(C)n(-c3ccc(C)c(C)c3)c2C)S(=O)(=O)c2ccccc2)cc1Cl. The standard InChI is InChI=1S/C30H31ClN4O4S/c1-20-11-12-26(15-21(20)2)35-22(3)16-24(23(35)4)18-32-33-30(36)19-34(25-13-14-29(39-5)28(31)17-25)40(37,38)27-9-7-6-8-10-27/h6-18H,19H2,1-5H3,(H,33,36)/b32-18-. The van der Waals surface area contributed by atoms with Crippen LogP contribution in [0, 0.1) is 27.7 Å². The molecule has 1 N–H and O–H groups in total. The number of methoxy groups -OCH3 is 1. The molecule has 0 atom stereocenters. The van der Waals surface area contributed by atoms with Gasteiger partial charge in [-0.3, -0.25) is 9.10 Å². The fourth-order valence-corrected chi connectivity index (χ4v) is 6.05. The minimum atomic E-state index is -4.09. The van der Waals surface area contributed by atoms with Crippen LogP contribution in [0.1, 0.15) is 28.1 Å². The van der Waals surface area contributed by atoms with E-state index in [0.717, 1.165) is 26.9 Å². The minimum absolute atomic E-state index is 0.0389. The summed E-state index contributed by atoms with van der Waals surface area (Å²) in [5.74, 6) is -0.236. The molecule has 0 bridgehead atoms. The molecule has 4 rings (SSSR count). The van der Waals surface area contributed by atoms with E-state index < -0.39 is 22.5 Å². The molecule has 10 heteroatoms. The summed E-state index contributed by atoms with van der Waals surface area (Å²) in [5, 5.41) is 4.34. The van der Waals surface area contributed by atoms with E-state index in [2.05, 4.69) is 47.1 Å². The number of anilines is 1. The Morgan fingerprint density at radius 2 is 1.73 bits per heavy atom. The van der Waals surface area contributed by atoms with Crippen LogP contribution in [0.25, 0.3) is 5.69 Å². The van der Waals surface area contributed by atoms with Crippen LogP contribution in [-0.2, 0) is 14.8 Å². The largest absolute Gasteiger partial charge is 0.495 e. The van der Waals surface area contributed by atoms with Crippen molar-refractivity contribution in [3.8, 4) is 11.4 Å². The number of nitrogens with zero attached hydrogens (tertiary/aromatic N) is 3. The second kappa shape index (κ2) is 12.0. The zero-order chi connectivity index (χ0) is 29.0. The molecule has 0 radical (unpaired) electrons. The third kappa shape index (κ3) is 6.05. The predicted molar refractivity (Wildman–Crippen MR) is 159 cm³/mol. The Balaban J connectivity index is 1.57. The number of carbonyl (C=O) groups is 1. The van der Waals surface area contributed by atoms with Crippen molar-refractivity contribution in [3.05, 3.63) is 106 Å². The monoisotopic (exact) mass is 578 g/mol. The van der Waals surface area contributed by atoms with E-state index in [-0.39, 0.29) is 15.6 Å². The lowest BCUT2D eigenvalue weighted by Gasteiger charge is -2.24. The van der Waals surface area contributed by atoms with Gasteiger partial charge in [-0.25, -0.2) is 13.8 Å². The highest BCUT2D eigenvalue weighted by Crippen LogP contribution is 2.32. The second-order valence-corrected chi connectivity index (χ2v) is 11.6. The van der Waals surface area contributed by atoms with E-state index in [1.807, 2.05) is 19.9 Å². The Kier molecular flexibility index (Phi) is 8.66. The molecule has 0 unspecified atom stereocenters. The number of sulfonamides is 1. The van der Waals surface area contributed by atoms with E-state index in [1.54, 1.807) is 30.5 Å². The van der Waals surface area contributed by atoms with Crippen molar-refractivity contribution in [2.24, 2.45) is 5.10 Å². The van der Waals surface area contributed by atoms with Crippen LogP contribution in [-0.4, -0.2) is 38.8 Å². The first kappa shape index (κ1) is 28.9. The van der Waals surface area contributed by atoms with Crippen LogP contribution >= 0.6 is 11.6 Å². The van der Waals surface area contributed by atoms with E-state index in [9.17, 15) is 13.2 Å². The number of rotatable bonds is 9. The Morgan fingerprint density at radius 3 is 2.38 bits per heavy atom. The molecular weight excluding hydrogens is 548 g/mol. The van der Waals surface area contributed by atoms with Gasteiger partial charge in [0.1, 0.15) is 12.3 Å². The Labute approximate surface area is 239 Å². The van der Waals surface area contributed by atoms with Crippen LogP contribution < -0.4 is 14.5 Å². The summed E-state index contributed by atoms with van der Waals surface area (Å²) >= 11 is 6.28. The van der Waals surface area contributed by atoms with Crippen LogP contribution in [0.15, 0.2) is 82.8 Å². The molecule has 1 aromatic heterocycles. The van der Waals surface area contributed by atoms with Crippen molar-refractivity contribution in [2.45, 2.75) is 32.6 Å². The van der Waals surface area contributed by atoms with Crippen molar-refractivity contribution < 1.29 is 17.9 Å². The highest BCUT2D eigenvalue weighted by molar-refractivity contribution is 7.92. The van der Waals surface area contributed by atoms with Crippen LogP contribution in [0.4, 0.5) is 5.69 Å². The van der Waals surface area contributed by atoms with Gasteiger partial charge >= 0.3 is 0 Å². The molecule has 4 aromatic rings. The number of halogens is 1. The molecule has 8 nitrogen and oxygen atoms in total. The van der Waals surface area contributed by atoms with Crippen molar-refractivity contribution in [2.75, 3.05) is 18.0 Å². The number of aromatic nitrogens is 1. The van der Waals surface area contributed by atoms with Gasteiger partial charge in [-0.1, -0.05) is 35.9 Å². The van der Waals surface area contributed by atoms with Crippen molar-refractivity contribution in [1.29, 1.82) is 0 Å². The molecule has 1 amide bonds. The number of ether oxygens (including phenoxy) is 1. The van der Waals surface area contributed by atoms with Gasteiger partial charge in [0, 0.05) is 22.6 Å². The quantitative estimate of drug-likeness (QED) is 0.203. The number of hydrogen-bond donors (Lipinski definition) is 1. The maximum atomic E-state index is 13.5. The minimum Gasteiger partial charge on any atom is -0.495 e. The first-order valence-corrected chi connectivity index (χ1v) is 14.3. The number of carbonyl (C=O) groups excluding carboxylic acids is 1. The normalized spacial score (nSPS) is 11.6. The Bertz CT molecular complexity index is 1680. The molecule has 0 fully saturated rings. The number of amides is 1. The predicted octanol–water partition coefficient (Wildman–Crippen LogP) is 5.72. The van der Waals surface area contributed by atoms with Crippen LogP contribution in [0.2, 0.25) is 5.02 Å². The molecule has 1 heterocycles. The summed E-state index contributed by atoms with van der Waals surface area (Å²) in [6.07, 6.45) is 1.55. The zero-order valence-corrected chi connectivity index (χ0v) is 24.5. The Morgan fingerprint density at radius 1 is 1.00 bits per heavy atom. The lowest BCUT2D eigenvalue weighted by molar-refractivity contribution is -0.119. The Hall–Kier alpha value is -4.08. The van der Waals surface area contributed by atoms with Gasteiger partial charge < -0.3 is 9.30 Å². The fraction of sp³-hybridized carbons (Fsp3) is 0.200. The smallest absolute Gasteiger partial charge is 0.264 e. The number of benzene rings is 3. The van der Waals surface area contributed by atoms with E-state index >= 15 is 0 Å². The van der Waals surface area contributed by atoms with Gasteiger partial charge in [0.2, 0.25) is 0 Å². The van der Waals surface area contributed by atoms with Crippen molar-refractivity contribution in [3.63, 3.8) is 0 Å².